The molecule has 0 spiro atoms. The zero-order valence-electron chi connectivity index (χ0n) is 13.7. The number of amides is 2. The molecule has 7 nitrogen and oxygen atoms in total. The second kappa shape index (κ2) is 6.24. The number of hydrogen-bond acceptors (Lipinski definition) is 4. The van der Waals surface area contributed by atoms with E-state index in [2.05, 4.69) is 20.5 Å². The summed E-state index contributed by atoms with van der Waals surface area (Å²) in [5.74, 6) is 2.24. The van der Waals surface area contributed by atoms with Crippen LogP contribution in [0.1, 0.15) is 31.5 Å². The van der Waals surface area contributed by atoms with Crippen LogP contribution in [0.2, 0.25) is 0 Å². The van der Waals surface area contributed by atoms with Crippen LogP contribution in [0.4, 0.5) is 10.5 Å². The van der Waals surface area contributed by atoms with Crippen molar-refractivity contribution in [3.05, 3.63) is 30.1 Å². The summed E-state index contributed by atoms with van der Waals surface area (Å²) in [6.07, 6.45) is 2.47. The van der Waals surface area contributed by atoms with E-state index in [1.54, 1.807) is 4.90 Å². The molecule has 1 saturated carbocycles. The monoisotopic (exact) mass is 327 g/mol. The van der Waals surface area contributed by atoms with E-state index >= 15 is 0 Å². The van der Waals surface area contributed by atoms with Gasteiger partial charge in [0.15, 0.2) is 5.82 Å². The number of aromatic nitrogens is 3. The van der Waals surface area contributed by atoms with Gasteiger partial charge in [-0.25, -0.2) is 9.78 Å². The molecule has 2 N–H and O–H groups in total. The van der Waals surface area contributed by atoms with Crippen LogP contribution < -0.4 is 5.32 Å². The van der Waals surface area contributed by atoms with Gasteiger partial charge in [0.2, 0.25) is 0 Å². The first-order chi connectivity index (χ1) is 11.7. The van der Waals surface area contributed by atoms with Crippen LogP contribution in [0.3, 0.4) is 0 Å². The fourth-order valence-electron chi connectivity index (χ4n) is 2.85. The van der Waals surface area contributed by atoms with Gasteiger partial charge in [-0.2, -0.15) is 5.10 Å². The first-order valence-corrected chi connectivity index (χ1v) is 8.39. The lowest BCUT2D eigenvalue weighted by molar-refractivity contribution is -0.00138. The van der Waals surface area contributed by atoms with Crippen molar-refractivity contribution in [2.75, 3.05) is 25.0 Å². The standard InChI is InChI=1S/C17H21N5O2/c1-11-10-22(8-9-24-11)17(23)18-14-6-4-13(5-7-14)16-19-15(20-21-16)12-2-3-12/h4-7,11-12H,2-3,8-10H2,1H3,(H,18,23)(H,19,20,21)/t11-/m1/s1. The minimum atomic E-state index is -0.0909. The molecule has 0 radical (unpaired) electrons. The van der Waals surface area contributed by atoms with Gasteiger partial charge in [-0.15, -0.1) is 0 Å². The Bertz CT molecular complexity index is 723. The summed E-state index contributed by atoms with van der Waals surface area (Å²) < 4.78 is 5.46. The topological polar surface area (TPSA) is 83.1 Å². The van der Waals surface area contributed by atoms with E-state index in [1.807, 2.05) is 31.2 Å². The number of nitrogens with one attached hydrogen (secondary N) is 2. The molecule has 1 aromatic heterocycles. The summed E-state index contributed by atoms with van der Waals surface area (Å²) in [4.78, 5) is 18.6. The maximum atomic E-state index is 12.3. The number of carbonyl (C=O) groups is 1. The molecule has 4 rings (SSSR count). The van der Waals surface area contributed by atoms with Gasteiger partial charge in [-0.3, -0.25) is 5.10 Å². The average Bonchev–Trinajstić information content (AvgIpc) is 3.33. The Hall–Kier alpha value is -2.41. The summed E-state index contributed by atoms with van der Waals surface area (Å²) in [6, 6.07) is 7.52. The normalized spacial score (nSPS) is 20.9. The fraction of sp³-hybridized carbons (Fsp3) is 0.471. The number of ether oxygens (including phenoxy) is 1. The summed E-state index contributed by atoms with van der Waals surface area (Å²) in [5.41, 5.74) is 1.71. The highest BCUT2D eigenvalue weighted by Gasteiger charge is 2.27. The third-order valence-corrected chi connectivity index (χ3v) is 4.39. The Morgan fingerprint density at radius 1 is 1.33 bits per heavy atom. The predicted molar refractivity (Wildman–Crippen MR) is 89.8 cm³/mol. The Balaban J connectivity index is 1.40. The van der Waals surface area contributed by atoms with Crippen LogP contribution >= 0.6 is 0 Å². The second-order valence-corrected chi connectivity index (χ2v) is 6.45. The van der Waals surface area contributed by atoms with E-state index in [0.29, 0.717) is 31.4 Å². The van der Waals surface area contributed by atoms with Crippen molar-refractivity contribution in [2.45, 2.75) is 31.8 Å². The smallest absolute Gasteiger partial charge is 0.322 e. The van der Waals surface area contributed by atoms with Crippen molar-refractivity contribution in [3.8, 4) is 11.4 Å². The molecule has 126 valence electrons. The molecule has 24 heavy (non-hydrogen) atoms. The lowest BCUT2D eigenvalue weighted by atomic mass is 10.2. The third kappa shape index (κ3) is 3.26. The molecule has 2 fully saturated rings. The molecule has 1 atom stereocenters. The minimum Gasteiger partial charge on any atom is -0.375 e. The van der Waals surface area contributed by atoms with Gasteiger partial charge in [0, 0.05) is 30.3 Å². The number of rotatable bonds is 3. The van der Waals surface area contributed by atoms with Gasteiger partial charge >= 0.3 is 6.03 Å². The van der Waals surface area contributed by atoms with Gasteiger partial charge in [-0.1, -0.05) is 0 Å². The highest BCUT2D eigenvalue weighted by Crippen LogP contribution is 2.38. The van der Waals surface area contributed by atoms with Gasteiger partial charge in [0.1, 0.15) is 5.82 Å². The van der Waals surface area contributed by atoms with E-state index in [4.69, 9.17) is 4.74 Å². The molecular formula is C17H21N5O2. The van der Waals surface area contributed by atoms with E-state index < -0.39 is 0 Å². The number of H-pyrrole nitrogens is 1. The highest BCUT2D eigenvalue weighted by atomic mass is 16.5. The lowest BCUT2D eigenvalue weighted by Crippen LogP contribution is -2.46. The minimum absolute atomic E-state index is 0.0817. The average molecular weight is 327 g/mol. The molecule has 1 aromatic carbocycles. The van der Waals surface area contributed by atoms with Crippen LogP contribution in [-0.2, 0) is 4.74 Å². The molecule has 0 unspecified atom stereocenters. The fourth-order valence-corrected chi connectivity index (χ4v) is 2.85. The van der Waals surface area contributed by atoms with E-state index in [-0.39, 0.29) is 12.1 Å². The number of hydrogen-bond donors (Lipinski definition) is 2. The molecule has 1 saturated heterocycles. The van der Waals surface area contributed by atoms with Crippen molar-refractivity contribution >= 4 is 11.7 Å². The van der Waals surface area contributed by atoms with Crippen molar-refractivity contribution < 1.29 is 9.53 Å². The SMILES string of the molecule is C[C@@H]1CN(C(=O)Nc2ccc(-c3n[nH]c(C4CC4)n3)cc2)CCO1. The lowest BCUT2D eigenvalue weighted by Gasteiger charge is -2.31. The van der Waals surface area contributed by atoms with E-state index in [0.717, 1.165) is 17.1 Å². The summed E-state index contributed by atoms with van der Waals surface area (Å²) in [7, 11) is 0. The Morgan fingerprint density at radius 3 is 2.83 bits per heavy atom. The Kier molecular flexibility index (Phi) is 3.93. The van der Waals surface area contributed by atoms with Gasteiger partial charge in [0.25, 0.3) is 0 Å². The van der Waals surface area contributed by atoms with Crippen LogP contribution in [0, 0.1) is 0 Å². The first kappa shape index (κ1) is 15.1. The number of carbonyl (C=O) groups excluding carboxylic acids is 1. The number of nitrogens with zero attached hydrogens (tertiary/aromatic N) is 3. The van der Waals surface area contributed by atoms with Crippen molar-refractivity contribution in [1.82, 2.24) is 20.1 Å². The van der Waals surface area contributed by atoms with E-state index in [1.165, 1.54) is 12.8 Å². The maximum absolute atomic E-state index is 12.3. The summed E-state index contributed by atoms with van der Waals surface area (Å²) in [5, 5.41) is 10.2. The first-order valence-electron chi connectivity index (χ1n) is 8.39. The van der Waals surface area contributed by atoms with Crippen molar-refractivity contribution in [3.63, 3.8) is 0 Å². The summed E-state index contributed by atoms with van der Waals surface area (Å²) in [6.45, 7) is 3.79. The molecule has 0 bridgehead atoms. The Morgan fingerprint density at radius 2 is 2.12 bits per heavy atom. The van der Waals surface area contributed by atoms with Crippen molar-refractivity contribution in [2.24, 2.45) is 0 Å². The number of urea groups is 1. The van der Waals surface area contributed by atoms with Crippen LogP contribution in [0.15, 0.2) is 24.3 Å². The molecular weight excluding hydrogens is 306 g/mol. The molecule has 1 aliphatic carbocycles. The molecule has 1 aliphatic heterocycles. The zero-order valence-corrected chi connectivity index (χ0v) is 13.7. The molecule has 7 heteroatoms. The number of benzene rings is 1. The van der Waals surface area contributed by atoms with Crippen LogP contribution in [0.5, 0.6) is 0 Å². The van der Waals surface area contributed by atoms with Crippen LogP contribution in [-0.4, -0.2) is 51.9 Å². The second-order valence-electron chi connectivity index (χ2n) is 6.45. The molecule has 2 aliphatic rings. The molecule has 2 aromatic rings. The van der Waals surface area contributed by atoms with Gasteiger partial charge in [0.05, 0.1) is 12.7 Å². The third-order valence-electron chi connectivity index (χ3n) is 4.39. The van der Waals surface area contributed by atoms with Gasteiger partial charge < -0.3 is 15.0 Å². The van der Waals surface area contributed by atoms with Crippen molar-refractivity contribution in [1.29, 1.82) is 0 Å². The maximum Gasteiger partial charge on any atom is 0.322 e. The van der Waals surface area contributed by atoms with Crippen LogP contribution in [0.25, 0.3) is 11.4 Å². The molecule has 2 amide bonds. The Labute approximate surface area is 140 Å². The van der Waals surface area contributed by atoms with E-state index in [9.17, 15) is 4.79 Å². The summed E-state index contributed by atoms with van der Waals surface area (Å²) >= 11 is 0. The predicted octanol–water partition coefficient (Wildman–Crippen LogP) is 2.60. The highest BCUT2D eigenvalue weighted by molar-refractivity contribution is 5.89. The largest absolute Gasteiger partial charge is 0.375 e. The molecule has 2 heterocycles. The number of aromatic amines is 1. The number of morpholine rings is 1. The number of anilines is 1. The van der Waals surface area contributed by atoms with Gasteiger partial charge in [-0.05, 0) is 44.0 Å². The quantitative estimate of drug-likeness (QED) is 0.908. The zero-order chi connectivity index (χ0) is 16.5.